The molecule has 1 amide bonds. The molecule has 4 rings (SSSR count). The Bertz CT molecular complexity index is 690. The molecule has 0 unspecified atom stereocenters. The van der Waals surface area contributed by atoms with Crippen molar-refractivity contribution in [2.45, 2.75) is 45.3 Å². The van der Waals surface area contributed by atoms with Crippen molar-refractivity contribution in [2.75, 3.05) is 19.6 Å². The Hall–Kier alpha value is -1.73. The number of carbonyl (C=O) groups is 1. The Balaban J connectivity index is 1.49. The van der Waals surface area contributed by atoms with E-state index in [9.17, 15) is 4.79 Å². The summed E-state index contributed by atoms with van der Waals surface area (Å²) < 4.78 is 2.23. The monoisotopic (exact) mass is 345 g/mol. The average molecular weight is 345 g/mol. The molecule has 0 atom stereocenters. The quantitative estimate of drug-likeness (QED) is 0.857. The number of rotatable bonds is 3. The minimum Gasteiger partial charge on any atom is -0.330 e. The molecule has 0 bridgehead atoms. The smallest absolute Gasteiger partial charge is 0.264 e. The highest BCUT2D eigenvalue weighted by Gasteiger charge is 2.24. The van der Waals surface area contributed by atoms with E-state index < -0.39 is 0 Å². The summed E-state index contributed by atoms with van der Waals surface area (Å²) in [6, 6.07) is 3.82. The second-order valence-corrected chi connectivity index (χ2v) is 7.53. The highest BCUT2D eigenvalue weighted by Crippen LogP contribution is 2.19. The molecule has 1 fully saturated rings. The van der Waals surface area contributed by atoms with E-state index in [0.717, 1.165) is 55.7 Å². The van der Waals surface area contributed by atoms with E-state index in [2.05, 4.69) is 19.7 Å². The maximum Gasteiger partial charge on any atom is 0.264 e. The van der Waals surface area contributed by atoms with Crippen LogP contribution in [0.5, 0.6) is 0 Å². The molecule has 2 aliphatic rings. The summed E-state index contributed by atoms with van der Waals surface area (Å²) in [6.07, 6.45) is 4.86. The van der Waals surface area contributed by atoms with E-state index in [1.807, 2.05) is 22.4 Å². The number of piperidine rings is 1. The van der Waals surface area contributed by atoms with Gasteiger partial charge in [0.25, 0.3) is 5.91 Å². The molecule has 0 radical (unpaired) electrons. The van der Waals surface area contributed by atoms with E-state index in [1.165, 1.54) is 30.6 Å². The lowest BCUT2D eigenvalue weighted by atomic mass is 10.1. The van der Waals surface area contributed by atoms with Crippen molar-refractivity contribution in [2.24, 2.45) is 0 Å². The van der Waals surface area contributed by atoms with Crippen molar-refractivity contribution in [3.8, 4) is 0 Å². The van der Waals surface area contributed by atoms with Gasteiger partial charge in [-0.25, -0.2) is 0 Å². The lowest BCUT2D eigenvalue weighted by Crippen LogP contribution is -2.30. The van der Waals surface area contributed by atoms with Crippen molar-refractivity contribution in [1.29, 1.82) is 0 Å². The molecule has 2 aliphatic heterocycles. The Morgan fingerprint density at radius 3 is 2.75 bits per heavy atom. The summed E-state index contributed by atoms with van der Waals surface area (Å²) in [5.41, 5.74) is 0. The third-order valence-corrected chi connectivity index (χ3v) is 5.74. The van der Waals surface area contributed by atoms with E-state index in [1.54, 1.807) is 0 Å². The maximum atomic E-state index is 12.6. The molecule has 4 heterocycles. The first kappa shape index (κ1) is 15.8. The minimum absolute atomic E-state index is 0.110. The Morgan fingerprint density at radius 1 is 1.08 bits per heavy atom. The number of amides is 1. The van der Waals surface area contributed by atoms with Gasteiger partial charge in [0, 0.05) is 13.1 Å². The molecule has 1 saturated heterocycles. The van der Waals surface area contributed by atoms with Crippen molar-refractivity contribution < 1.29 is 4.79 Å². The van der Waals surface area contributed by atoms with Crippen molar-refractivity contribution >= 4 is 17.2 Å². The normalized spacial score (nSPS) is 19.1. The topological polar surface area (TPSA) is 54.3 Å². The molecule has 0 spiro atoms. The Morgan fingerprint density at radius 2 is 1.96 bits per heavy atom. The van der Waals surface area contributed by atoms with Gasteiger partial charge in [0.05, 0.1) is 18.0 Å². The summed E-state index contributed by atoms with van der Waals surface area (Å²) in [7, 11) is 0. The number of nitrogens with zero attached hydrogens (tertiary/aromatic N) is 5. The number of fused-ring (bicyclic) bond motifs is 1. The van der Waals surface area contributed by atoms with Crippen LogP contribution in [0, 0.1) is 0 Å². The fourth-order valence-electron chi connectivity index (χ4n) is 3.58. The minimum atomic E-state index is 0.110. The molecule has 2 aromatic heterocycles. The van der Waals surface area contributed by atoms with Crippen LogP contribution >= 0.6 is 11.3 Å². The second kappa shape index (κ2) is 7.03. The SMILES string of the molecule is O=C(c1cccs1)N1CCCn2c(CN3CCCCC3)nnc2C1. The third kappa shape index (κ3) is 3.23. The van der Waals surface area contributed by atoms with Gasteiger partial charge >= 0.3 is 0 Å². The molecular weight excluding hydrogens is 322 g/mol. The van der Waals surface area contributed by atoms with Gasteiger partial charge in [0.2, 0.25) is 0 Å². The molecule has 0 N–H and O–H groups in total. The highest BCUT2D eigenvalue weighted by molar-refractivity contribution is 7.12. The van der Waals surface area contributed by atoms with Crippen molar-refractivity contribution in [3.05, 3.63) is 34.0 Å². The first-order chi connectivity index (χ1) is 11.8. The van der Waals surface area contributed by atoms with Gasteiger partial charge in [-0.3, -0.25) is 9.69 Å². The number of hydrogen-bond acceptors (Lipinski definition) is 5. The van der Waals surface area contributed by atoms with Crippen molar-refractivity contribution in [1.82, 2.24) is 24.6 Å². The Kier molecular flexibility index (Phi) is 4.62. The average Bonchev–Trinajstić information content (AvgIpc) is 3.21. The predicted octanol–water partition coefficient (Wildman–Crippen LogP) is 2.37. The molecule has 0 saturated carbocycles. The van der Waals surface area contributed by atoms with E-state index in [4.69, 9.17) is 0 Å². The molecule has 24 heavy (non-hydrogen) atoms. The first-order valence-corrected chi connectivity index (χ1v) is 9.65. The predicted molar refractivity (Wildman–Crippen MR) is 92.8 cm³/mol. The molecule has 2 aromatic rings. The van der Waals surface area contributed by atoms with Crippen LogP contribution in [0.3, 0.4) is 0 Å². The summed E-state index contributed by atoms with van der Waals surface area (Å²) in [5.74, 6) is 2.08. The lowest BCUT2D eigenvalue weighted by molar-refractivity contribution is 0.0748. The van der Waals surface area contributed by atoms with Crippen LogP contribution in [0.2, 0.25) is 0 Å². The zero-order valence-corrected chi connectivity index (χ0v) is 14.7. The van der Waals surface area contributed by atoms with E-state index in [-0.39, 0.29) is 5.91 Å². The zero-order valence-electron chi connectivity index (χ0n) is 13.9. The standard InChI is InChI=1S/C17H23N5OS/c23-17(14-6-4-11-24-14)21-9-5-10-22-15(18-19-16(22)13-21)12-20-7-2-1-3-8-20/h4,6,11H,1-3,5,7-10,12-13H2. The van der Waals surface area contributed by atoms with Crippen molar-refractivity contribution in [3.63, 3.8) is 0 Å². The largest absolute Gasteiger partial charge is 0.330 e. The number of hydrogen-bond donors (Lipinski definition) is 0. The number of aromatic nitrogens is 3. The summed E-state index contributed by atoms with van der Waals surface area (Å²) >= 11 is 1.50. The first-order valence-electron chi connectivity index (χ1n) is 8.77. The number of likely N-dealkylation sites (tertiary alicyclic amines) is 1. The Labute approximate surface area is 146 Å². The van der Waals surface area contributed by atoms with Crippen LogP contribution in [0.15, 0.2) is 17.5 Å². The number of carbonyl (C=O) groups excluding carboxylic acids is 1. The molecule has 6 nitrogen and oxygen atoms in total. The highest BCUT2D eigenvalue weighted by atomic mass is 32.1. The fraction of sp³-hybridized carbons (Fsp3) is 0.588. The van der Waals surface area contributed by atoms with Gasteiger partial charge in [-0.2, -0.15) is 0 Å². The lowest BCUT2D eigenvalue weighted by Gasteiger charge is -2.25. The summed E-state index contributed by atoms with van der Waals surface area (Å²) in [5, 5.41) is 10.8. The van der Waals surface area contributed by atoms with Gasteiger partial charge in [0.15, 0.2) is 5.82 Å². The maximum absolute atomic E-state index is 12.6. The summed E-state index contributed by atoms with van der Waals surface area (Å²) in [6.45, 7) is 5.44. The van der Waals surface area contributed by atoms with E-state index in [0.29, 0.717) is 6.54 Å². The van der Waals surface area contributed by atoms with Crippen LogP contribution in [-0.2, 0) is 19.6 Å². The molecule has 128 valence electrons. The molecule has 0 aromatic carbocycles. The molecule has 7 heteroatoms. The zero-order chi connectivity index (χ0) is 16.4. The molecule has 0 aliphatic carbocycles. The third-order valence-electron chi connectivity index (χ3n) is 4.88. The summed E-state index contributed by atoms with van der Waals surface area (Å²) in [4.78, 5) is 17.8. The van der Waals surface area contributed by atoms with Crippen LogP contribution < -0.4 is 0 Å². The molecular formula is C17H23N5OS. The number of thiophene rings is 1. The second-order valence-electron chi connectivity index (χ2n) is 6.58. The fourth-order valence-corrected chi connectivity index (χ4v) is 4.27. The van der Waals surface area contributed by atoms with Crippen LogP contribution in [0.25, 0.3) is 0 Å². The van der Waals surface area contributed by atoms with Gasteiger partial charge in [-0.1, -0.05) is 12.5 Å². The van der Waals surface area contributed by atoms with Gasteiger partial charge in [-0.05, 0) is 43.8 Å². The van der Waals surface area contributed by atoms with Gasteiger partial charge in [-0.15, -0.1) is 21.5 Å². The van der Waals surface area contributed by atoms with Crippen LogP contribution in [0.4, 0.5) is 0 Å². The van der Waals surface area contributed by atoms with Crippen LogP contribution in [-0.4, -0.2) is 50.1 Å². The van der Waals surface area contributed by atoms with Gasteiger partial charge in [0.1, 0.15) is 5.82 Å². The van der Waals surface area contributed by atoms with Gasteiger partial charge < -0.3 is 9.47 Å². The van der Waals surface area contributed by atoms with E-state index >= 15 is 0 Å². The van der Waals surface area contributed by atoms with Crippen LogP contribution in [0.1, 0.15) is 47.0 Å².